The number of esters is 1. The van der Waals surface area contributed by atoms with Crippen LogP contribution in [0.15, 0.2) is 28.8 Å². The number of hydrogen-bond donors (Lipinski definition) is 1. The minimum Gasteiger partial charge on any atom is -0.494 e. The van der Waals surface area contributed by atoms with Crippen molar-refractivity contribution in [2.75, 3.05) is 24.8 Å². The summed E-state index contributed by atoms with van der Waals surface area (Å²) < 4.78 is 28.1. The van der Waals surface area contributed by atoms with Crippen molar-refractivity contribution in [2.24, 2.45) is 0 Å². The summed E-state index contributed by atoms with van der Waals surface area (Å²) >= 11 is 1.04. The summed E-state index contributed by atoms with van der Waals surface area (Å²) in [5, 5.41) is 5.64. The van der Waals surface area contributed by atoms with Gasteiger partial charge in [0.25, 0.3) is 0 Å². The third-order valence-corrected chi connectivity index (χ3v) is 4.65. The molecule has 1 atom stereocenters. The molecule has 150 valence electrons. The topological polar surface area (TPSA) is 108 Å². The monoisotopic (exact) mass is 410 g/mol. The number of anilines is 1. The van der Waals surface area contributed by atoms with Crippen molar-refractivity contribution in [2.45, 2.75) is 19.1 Å². The van der Waals surface area contributed by atoms with Crippen molar-refractivity contribution in [3.8, 4) is 5.75 Å². The van der Waals surface area contributed by atoms with Crippen molar-refractivity contribution in [1.29, 1.82) is 0 Å². The van der Waals surface area contributed by atoms with E-state index in [1.165, 1.54) is 19.2 Å². The minimum atomic E-state index is -0.683. The number of nitrogens with zero attached hydrogens (tertiary/aromatic N) is 1. The molecule has 1 N–H and O–H groups in total. The molecule has 2 aromatic rings. The number of halogens is 1. The standard InChI is InChI=1S/C18H19FN2O6S/c1-10-6-16(21-27-10)20-18(24)11(2)28-9-17(23)26-8-14(22)12-4-5-15(25-3)13(19)7-12/h4-7,11H,8-9H2,1-3H3,(H,20,21,24)/t11-/m0/s1. The number of thioether (sulfide) groups is 1. The molecule has 0 spiro atoms. The van der Waals surface area contributed by atoms with E-state index in [1.807, 2.05) is 0 Å². The van der Waals surface area contributed by atoms with Crippen LogP contribution < -0.4 is 10.1 Å². The highest BCUT2D eigenvalue weighted by atomic mass is 32.2. The van der Waals surface area contributed by atoms with Gasteiger partial charge in [0.1, 0.15) is 5.76 Å². The summed E-state index contributed by atoms with van der Waals surface area (Å²) in [4.78, 5) is 35.8. The van der Waals surface area contributed by atoms with Crippen molar-refractivity contribution < 1.29 is 32.8 Å². The van der Waals surface area contributed by atoms with Gasteiger partial charge < -0.3 is 19.3 Å². The van der Waals surface area contributed by atoms with Gasteiger partial charge in [0.2, 0.25) is 5.91 Å². The molecule has 0 aliphatic carbocycles. The SMILES string of the molecule is COc1ccc(C(=O)COC(=O)CS[C@@H](C)C(=O)Nc2cc(C)on2)cc1F. The number of benzene rings is 1. The Balaban J connectivity index is 1.75. The number of nitrogens with one attached hydrogen (secondary N) is 1. The first-order chi connectivity index (χ1) is 13.3. The van der Waals surface area contributed by atoms with Gasteiger partial charge in [-0.3, -0.25) is 14.4 Å². The maximum absolute atomic E-state index is 13.6. The molecule has 2 rings (SSSR count). The smallest absolute Gasteiger partial charge is 0.316 e. The highest BCUT2D eigenvalue weighted by Gasteiger charge is 2.18. The van der Waals surface area contributed by atoms with Crippen LogP contribution in [0, 0.1) is 12.7 Å². The van der Waals surface area contributed by atoms with Crippen LogP contribution in [0.2, 0.25) is 0 Å². The van der Waals surface area contributed by atoms with Gasteiger partial charge in [-0.2, -0.15) is 0 Å². The van der Waals surface area contributed by atoms with Gasteiger partial charge >= 0.3 is 5.97 Å². The summed E-state index contributed by atoms with van der Waals surface area (Å²) in [6.45, 7) is 2.79. The van der Waals surface area contributed by atoms with Crippen LogP contribution in [-0.4, -0.2) is 47.5 Å². The molecule has 0 unspecified atom stereocenters. The molecular weight excluding hydrogens is 391 g/mol. The lowest BCUT2D eigenvalue weighted by Gasteiger charge is -2.10. The first kappa shape index (κ1) is 21.4. The minimum absolute atomic E-state index is 0.0120. The average Bonchev–Trinajstić information content (AvgIpc) is 3.08. The zero-order chi connectivity index (χ0) is 20.7. The first-order valence-electron chi connectivity index (χ1n) is 8.18. The fraction of sp³-hybridized carbons (Fsp3) is 0.333. The Labute approximate surface area is 164 Å². The molecule has 0 fully saturated rings. The van der Waals surface area contributed by atoms with Crippen LogP contribution in [0.3, 0.4) is 0 Å². The summed E-state index contributed by atoms with van der Waals surface area (Å²) in [6, 6.07) is 5.28. The number of rotatable bonds is 9. The second kappa shape index (κ2) is 9.88. The molecule has 0 saturated heterocycles. The second-order valence-corrected chi connectivity index (χ2v) is 7.03. The number of aryl methyl sites for hydroxylation is 1. The van der Waals surface area contributed by atoms with Crippen molar-refractivity contribution in [1.82, 2.24) is 5.16 Å². The molecular formula is C18H19FN2O6S. The quantitative estimate of drug-likeness (QED) is 0.497. The zero-order valence-electron chi connectivity index (χ0n) is 15.5. The number of ether oxygens (including phenoxy) is 2. The van der Waals surface area contributed by atoms with E-state index in [1.54, 1.807) is 19.9 Å². The van der Waals surface area contributed by atoms with Gasteiger partial charge in [-0.1, -0.05) is 5.16 Å². The van der Waals surface area contributed by atoms with Crippen LogP contribution in [-0.2, 0) is 14.3 Å². The number of hydrogen-bond acceptors (Lipinski definition) is 8. The molecule has 0 aliphatic rings. The summed E-state index contributed by atoms with van der Waals surface area (Å²) in [6.07, 6.45) is 0. The van der Waals surface area contributed by atoms with E-state index in [9.17, 15) is 18.8 Å². The number of carbonyl (C=O) groups is 3. The van der Waals surface area contributed by atoms with Gasteiger partial charge in [-0.15, -0.1) is 11.8 Å². The lowest BCUT2D eigenvalue weighted by Crippen LogP contribution is -2.24. The van der Waals surface area contributed by atoms with E-state index < -0.39 is 29.4 Å². The highest BCUT2D eigenvalue weighted by Crippen LogP contribution is 2.18. The Bertz CT molecular complexity index is 870. The molecule has 0 aliphatic heterocycles. The molecule has 1 aromatic heterocycles. The van der Waals surface area contributed by atoms with Crippen LogP contribution >= 0.6 is 11.8 Å². The average molecular weight is 410 g/mol. The zero-order valence-corrected chi connectivity index (χ0v) is 16.3. The Morgan fingerprint density at radius 2 is 2.07 bits per heavy atom. The maximum Gasteiger partial charge on any atom is 0.316 e. The Morgan fingerprint density at radius 3 is 2.68 bits per heavy atom. The summed E-state index contributed by atoms with van der Waals surface area (Å²) in [5.74, 6) is -1.52. The maximum atomic E-state index is 13.6. The lowest BCUT2D eigenvalue weighted by atomic mass is 10.1. The van der Waals surface area contributed by atoms with Crippen molar-refractivity contribution in [3.05, 3.63) is 41.4 Å². The predicted molar refractivity (Wildman–Crippen MR) is 100 cm³/mol. The van der Waals surface area contributed by atoms with Crippen molar-refractivity contribution in [3.63, 3.8) is 0 Å². The Morgan fingerprint density at radius 1 is 1.32 bits per heavy atom. The van der Waals surface area contributed by atoms with E-state index in [2.05, 4.69) is 10.5 Å². The fourth-order valence-corrected chi connectivity index (χ4v) is 2.71. The van der Waals surface area contributed by atoms with Gasteiger partial charge in [-0.05, 0) is 32.0 Å². The number of Topliss-reactive ketones (excluding diaryl/α,β-unsaturated/α-hetero) is 1. The normalized spacial score (nSPS) is 11.6. The number of methoxy groups -OCH3 is 1. The Hall–Kier alpha value is -2.88. The van der Waals surface area contributed by atoms with Gasteiger partial charge in [0.15, 0.2) is 29.8 Å². The third-order valence-electron chi connectivity index (χ3n) is 3.54. The molecule has 0 saturated carbocycles. The Kier molecular flexibility index (Phi) is 7.56. The number of ketones is 1. The lowest BCUT2D eigenvalue weighted by molar-refractivity contribution is -0.139. The predicted octanol–water partition coefficient (Wildman–Crippen LogP) is 2.62. The van der Waals surface area contributed by atoms with Gasteiger partial charge in [0, 0.05) is 11.6 Å². The van der Waals surface area contributed by atoms with E-state index in [0.717, 1.165) is 17.8 Å². The first-order valence-corrected chi connectivity index (χ1v) is 9.23. The molecule has 0 bridgehead atoms. The molecule has 0 radical (unpaired) electrons. The third kappa shape index (κ3) is 6.08. The number of carbonyl (C=O) groups excluding carboxylic acids is 3. The molecule has 1 aromatic carbocycles. The van der Waals surface area contributed by atoms with Crippen molar-refractivity contribution >= 4 is 35.2 Å². The van der Waals surface area contributed by atoms with Crippen LogP contribution in [0.1, 0.15) is 23.0 Å². The van der Waals surface area contributed by atoms with E-state index in [0.29, 0.717) is 5.76 Å². The fourth-order valence-electron chi connectivity index (χ4n) is 2.03. The molecule has 8 nitrogen and oxygen atoms in total. The van der Waals surface area contributed by atoms with Gasteiger partial charge in [-0.25, -0.2) is 4.39 Å². The van der Waals surface area contributed by atoms with E-state index in [-0.39, 0.29) is 28.8 Å². The van der Waals surface area contributed by atoms with Crippen LogP contribution in [0.5, 0.6) is 5.75 Å². The van der Waals surface area contributed by atoms with Crippen LogP contribution in [0.4, 0.5) is 10.2 Å². The summed E-state index contributed by atoms with van der Waals surface area (Å²) in [7, 11) is 1.31. The van der Waals surface area contributed by atoms with E-state index >= 15 is 0 Å². The molecule has 1 amide bonds. The highest BCUT2D eigenvalue weighted by molar-refractivity contribution is 8.01. The largest absolute Gasteiger partial charge is 0.494 e. The second-order valence-electron chi connectivity index (χ2n) is 5.70. The number of aromatic nitrogens is 1. The molecule has 1 heterocycles. The number of amides is 1. The molecule has 28 heavy (non-hydrogen) atoms. The van der Waals surface area contributed by atoms with Crippen LogP contribution in [0.25, 0.3) is 0 Å². The van der Waals surface area contributed by atoms with Gasteiger partial charge in [0.05, 0.1) is 18.1 Å². The summed E-state index contributed by atoms with van der Waals surface area (Å²) in [5.41, 5.74) is 0.0643. The molecule has 10 heteroatoms. The van der Waals surface area contributed by atoms with E-state index in [4.69, 9.17) is 14.0 Å².